The van der Waals surface area contributed by atoms with Crippen LogP contribution < -0.4 is 10.1 Å². The van der Waals surface area contributed by atoms with E-state index >= 15 is 0 Å². The van der Waals surface area contributed by atoms with Crippen molar-refractivity contribution < 1.29 is 9.53 Å². The van der Waals surface area contributed by atoms with E-state index in [2.05, 4.69) is 10.3 Å². The number of nitrogens with zero attached hydrogens (tertiary/aromatic N) is 3. The average molecular weight is 471 g/mol. The lowest BCUT2D eigenvalue weighted by molar-refractivity contribution is -0.116. The topological polar surface area (TPSA) is 69.0 Å². The molecule has 0 saturated carbocycles. The zero-order valence-electron chi connectivity index (χ0n) is 17.6. The maximum Gasteiger partial charge on any atom is 0.237 e. The van der Waals surface area contributed by atoms with Crippen molar-refractivity contribution in [1.82, 2.24) is 14.8 Å². The van der Waals surface area contributed by atoms with Gasteiger partial charge in [0, 0.05) is 22.6 Å². The van der Waals surface area contributed by atoms with E-state index in [1.54, 1.807) is 16.0 Å². The van der Waals surface area contributed by atoms with Gasteiger partial charge in [0.1, 0.15) is 23.0 Å². The standard InChI is InChI=1S/C25H18N4O2S2/c1-15-14-33-25(26-15)29-22(13-18(28-29)21-11-6-12-32-21)27-24(30)23-16-7-2-4-9-19(16)31-20-10-5-3-8-17(20)23/h2-14,23H,1H3,(H,27,30). The lowest BCUT2D eigenvalue weighted by atomic mass is 9.87. The highest BCUT2D eigenvalue weighted by Crippen LogP contribution is 2.44. The largest absolute Gasteiger partial charge is 0.457 e. The first kappa shape index (κ1) is 19.9. The second-order valence-corrected chi connectivity index (χ2v) is 9.46. The molecule has 2 aromatic carbocycles. The number of carbonyl (C=O) groups is 1. The van der Waals surface area contributed by atoms with Gasteiger partial charge in [-0.2, -0.15) is 9.78 Å². The lowest BCUT2D eigenvalue weighted by Crippen LogP contribution is -2.26. The Labute approximate surface area is 198 Å². The zero-order valence-corrected chi connectivity index (χ0v) is 19.2. The summed E-state index contributed by atoms with van der Waals surface area (Å²) >= 11 is 3.09. The summed E-state index contributed by atoms with van der Waals surface area (Å²) in [6.07, 6.45) is 0. The van der Waals surface area contributed by atoms with Gasteiger partial charge in [-0.25, -0.2) is 4.98 Å². The van der Waals surface area contributed by atoms with Crippen LogP contribution in [0, 0.1) is 6.92 Å². The molecule has 33 heavy (non-hydrogen) atoms. The highest BCUT2D eigenvalue weighted by Gasteiger charge is 2.33. The molecule has 8 heteroatoms. The van der Waals surface area contributed by atoms with Crippen LogP contribution in [-0.2, 0) is 4.79 Å². The number of carbonyl (C=O) groups excluding carboxylic acids is 1. The van der Waals surface area contributed by atoms with Crippen LogP contribution in [0.3, 0.4) is 0 Å². The van der Waals surface area contributed by atoms with E-state index < -0.39 is 5.92 Å². The highest BCUT2D eigenvalue weighted by atomic mass is 32.1. The number of nitrogens with one attached hydrogen (secondary N) is 1. The van der Waals surface area contributed by atoms with E-state index in [-0.39, 0.29) is 5.91 Å². The summed E-state index contributed by atoms with van der Waals surface area (Å²) in [4.78, 5) is 19.4. The van der Waals surface area contributed by atoms with Crippen LogP contribution in [0.5, 0.6) is 11.5 Å². The van der Waals surface area contributed by atoms with Crippen molar-refractivity contribution in [3.05, 3.63) is 94.3 Å². The highest BCUT2D eigenvalue weighted by molar-refractivity contribution is 7.13. The molecule has 0 saturated heterocycles. The number of hydrogen-bond acceptors (Lipinski definition) is 6. The summed E-state index contributed by atoms with van der Waals surface area (Å²) in [5.41, 5.74) is 3.38. The van der Waals surface area contributed by atoms with Gasteiger partial charge >= 0.3 is 0 Å². The minimum atomic E-state index is -0.502. The molecule has 0 radical (unpaired) electrons. The normalized spacial score (nSPS) is 12.6. The Morgan fingerprint density at radius 2 is 1.73 bits per heavy atom. The Kier molecular flexibility index (Phi) is 4.82. The number of thiophene rings is 1. The molecule has 1 N–H and O–H groups in total. The van der Waals surface area contributed by atoms with Crippen LogP contribution >= 0.6 is 22.7 Å². The number of aromatic nitrogens is 3. The summed E-state index contributed by atoms with van der Waals surface area (Å²) in [6, 6.07) is 21.2. The van der Waals surface area contributed by atoms with E-state index in [1.165, 1.54) is 11.3 Å². The number of benzene rings is 2. The summed E-state index contributed by atoms with van der Waals surface area (Å²) in [7, 11) is 0. The number of anilines is 1. The predicted octanol–water partition coefficient (Wildman–Crippen LogP) is 6.24. The van der Waals surface area contributed by atoms with Crippen molar-refractivity contribution in [1.29, 1.82) is 0 Å². The molecule has 162 valence electrons. The number of ether oxygens (including phenoxy) is 1. The van der Waals surface area contributed by atoms with E-state index in [0.29, 0.717) is 22.4 Å². The number of thiazole rings is 1. The molecule has 1 amide bonds. The Hall–Kier alpha value is -3.75. The maximum absolute atomic E-state index is 13.8. The van der Waals surface area contributed by atoms with Gasteiger partial charge in [-0.05, 0) is 30.5 Å². The molecule has 1 aliphatic rings. The summed E-state index contributed by atoms with van der Waals surface area (Å²) < 4.78 is 7.76. The fourth-order valence-corrected chi connectivity index (χ4v) is 5.44. The summed E-state index contributed by atoms with van der Waals surface area (Å²) in [5.74, 6) is 1.32. The number of fused-ring (bicyclic) bond motifs is 2. The minimum absolute atomic E-state index is 0.148. The van der Waals surface area contributed by atoms with Gasteiger partial charge in [0.2, 0.25) is 11.0 Å². The molecule has 0 atom stereocenters. The van der Waals surface area contributed by atoms with Crippen LogP contribution in [0.2, 0.25) is 0 Å². The van der Waals surface area contributed by atoms with Gasteiger partial charge in [-0.3, -0.25) is 4.79 Å². The van der Waals surface area contributed by atoms with Crippen LogP contribution in [-0.4, -0.2) is 20.7 Å². The molecule has 4 heterocycles. The third kappa shape index (κ3) is 3.53. The van der Waals surface area contributed by atoms with Crippen molar-refractivity contribution in [3.8, 4) is 27.2 Å². The number of rotatable bonds is 4. The molecular weight excluding hydrogens is 452 g/mol. The van der Waals surface area contributed by atoms with Gasteiger partial charge in [0.25, 0.3) is 0 Å². The number of amides is 1. The molecular formula is C25H18N4O2S2. The van der Waals surface area contributed by atoms with Gasteiger partial charge in [-0.1, -0.05) is 42.5 Å². The smallest absolute Gasteiger partial charge is 0.237 e. The van der Waals surface area contributed by atoms with E-state index in [9.17, 15) is 4.79 Å². The molecule has 5 aromatic rings. The number of aryl methyl sites for hydroxylation is 1. The van der Waals surface area contributed by atoms with Gasteiger partial charge in [0.05, 0.1) is 16.5 Å². The van der Waals surface area contributed by atoms with Crippen LogP contribution in [0.25, 0.3) is 15.7 Å². The first-order valence-electron chi connectivity index (χ1n) is 10.4. The Balaban J connectivity index is 1.42. The van der Waals surface area contributed by atoms with Crippen LogP contribution in [0.15, 0.2) is 77.5 Å². The van der Waals surface area contributed by atoms with E-state index in [4.69, 9.17) is 9.84 Å². The van der Waals surface area contributed by atoms with Crippen LogP contribution in [0.4, 0.5) is 5.82 Å². The van der Waals surface area contributed by atoms with E-state index in [1.807, 2.05) is 84.4 Å². The molecule has 0 aliphatic carbocycles. The molecule has 0 spiro atoms. The van der Waals surface area contributed by atoms with Gasteiger partial charge < -0.3 is 10.1 Å². The van der Waals surface area contributed by atoms with Gasteiger partial charge in [0.15, 0.2) is 0 Å². The molecule has 0 unspecified atom stereocenters. The molecule has 0 fully saturated rings. The lowest BCUT2D eigenvalue weighted by Gasteiger charge is -2.27. The fourth-order valence-electron chi connectivity index (χ4n) is 3.99. The third-order valence-corrected chi connectivity index (χ3v) is 7.29. The van der Waals surface area contributed by atoms with Gasteiger partial charge in [-0.15, -0.1) is 22.7 Å². The molecule has 6 rings (SSSR count). The van der Waals surface area contributed by atoms with Crippen molar-refractivity contribution in [2.75, 3.05) is 5.32 Å². The van der Waals surface area contributed by atoms with Crippen molar-refractivity contribution in [2.24, 2.45) is 0 Å². The molecule has 6 nitrogen and oxygen atoms in total. The second kappa shape index (κ2) is 7.99. The second-order valence-electron chi connectivity index (χ2n) is 7.68. The Morgan fingerprint density at radius 1 is 1.00 bits per heavy atom. The molecule has 3 aromatic heterocycles. The first-order valence-corrected chi connectivity index (χ1v) is 12.2. The molecule has 1 aliphatic heterocycles. The third-order valence-electron chi connectivity index (χ3n) is 5.46. The Morgan fingerprint density at radius 3 is 2.36 bits per heavy atom. The monoisotopic (exact) mass is 470 g/mol. The quantitative estimate of drug-likeness (QED) is 0.337. The zero-order chi connectivity index (χ0) is 22.4. The van der Waals surface area contributed by atoms with Crippen molar-refractivity contribution >= 4 is 34.4 Å². The predicted molar refractivity (Wildman–Crippen MR) is 131 cm³/mol. The number of hydrogen-bond donors (Lipinski definition) is 1. The maximum atomic E-state index is 13.8. The van der Waals surface area contributed by atoms with Crippen molar-refractivity contribution in [2.45, 2.75) is 12.8 Å². The number of para-hydroxylation sites is 2. The first-order chi connectivity index (χ1) is 16.2. The average Bonchev–Trinajstić information content (AvgIpc) is 3.58. The molecule has 0 bridgehead atoms. The fraction of sp³-hybridized carbons (Fsp3) is 0.0800. The van der Waals surface area contributed by atoms with Crippen molar-refractivity contribution in [3.63, 3.8) is 0 Å². The summed E-state index contributed by atoms with van der Waals surface area (Å²) in [6.45, 7) is 1.94. The summed E-state index contributed by atoms with van der Waals surface area (Å²) in [5, 5.41) is 12.6. The minimum Gasteiger partial charge on any atom is -0.457 e. The Bertz CT molecular complexity index is 1420. The SMILES string of the molecule is Cc1csc(-n2nc(-c3cccs3)cc2NC(=O)C2c3ccccc3Oc3ccccc32)n1. The van der Waals surface area contributed by atoms with E-state index in [0.717, 1.165) is 27.4 Å². The van der Waals surface area contributed by atoms with Crippen LogP contribution in [0.1, 0.15) is 22.7 Å².